The molecule has 3 N–H and O–H groups in total. The molecule has 2 atom stereocenters. The van der Waals surface area contributed by atoms with Crippen LogP contribution in [0, 0.1) is 11.3 Å². The molecule has 3 aliphatic rings. The molecule has 1 aromatic carbocycles. The maximum Gasteiger partial charge on any atom is 0.313 e. The Morgan fingerprint density at radius 2 is 1.85 bits per heavy atom. The van der Waals surface area contributed by atoms with Gasteiger partial charge in [-0.05, 0) is 99.2 Å². The first-order valence-electron chi connectivity index (χ1n) is 14.7. The van der Waals surface area contributed by atoms with Crippen LogP contribution in [0.15, 0.2) is 36.5 Å². The smallest absolute Gasteiger partial charge is 0.313 e. The fourth-order valence-electron chi connectivity index (χ4n) is 6.92. The van der Waals surface area contributed by atoms with Gasteiger partial charge in [-0.25, -0.2) is 4.98 Å². The van der Waals surface area contributed by atoms with E-state index in [9.17, 15) is 9.59 Å². The molecule has 2 amide bonds. The van der Waals surface area contributed by atoms with Crippen LogP contribution in [0.3, 0.4) is 0 Å². The van der Waals surface area contributed by atoms with Crippen LogP contribution in [0.2, 0.25) is 0 Å². The van der Waals surface area contributed by atoms with E-state index in [0.29, 0.717) is 35.8 Å². The van der Waals surface area contributed by atoms with E-state index in [1.54, 1.807) is 11.0 Å². The van der Waals surface area contributed by atoms with Crippen LogP contribution in [-0.4, -0.2) is 66.4 Å². The van der Waals surface area contributed by atoms with Gasteiger partial charge in [0, 0.05) is 31.9 Å². The molecule has 0 aliphatic carbocycles. The maximum absolute atomic E-state index is 13.4. The molecule has 5 rings (SSSR count). The fourth-order valence-corrected chi connectivity index (χ4v) is 6.92. The number of nitrogens with one attached hydrogen (secondary N) is 1. The highest BCUT2D eigenvalue weighted by atomic mass is 16.2. The fraction of sp³-hybridized carbons (Fsp3) is 0.581. The van der Waals surface area contributed by atoms with Crippen LogP contribution in [0.1, 0.15) is 69.5 Å². The van der Waals surface area contributed by atoms with E-state index in [1.165, 1.54) is 50.7 Å². The van der Waals surface area contributed by atoms with E-state index >= 15 is 0 Å². The van der Waals surface area contributed by atoms with Crippen molar-refractivity contribution in [1.29, 1.82) is 0 Å². The molecule has 1 spiro atoms. The average Bonchev–Trinajstić information content (AvgIpc) is 2.94. The van der Waals surface area contributed by atoms with E-state index in [1.807, 2.05) is 6.92 Å². The molecular weight excluding hydrogens is 488 g/mol. The van der Waals surface area contributed by atoms with Gasteiger partial charge in [0.25, 0.3) is 0 Å². The first-order valence-corrected chi connectivity index (χ1v) is 14.7. The van der Waals surface area contributed by atoms with Crippen molar-refractivity contribution in [3.63, 3.8) is 0 Å². The number of nitrogens with two attached hydrogens (primary N) is 1. The van der Waals surface area contributed by atoms with Gasteiger partial charge in [-0.1, -0.05) is 26.0 Å². The Hall–Kier alpha value is -3.13. The van der Waals surface area contributed by atoms with Crippen molar-refractivity contribution in [3.8, 4) is 0 Å². The Kier molecular flexibility index (Phi) is 8.12. The second kappa shape index (κ2) is 11.5. The highest BCUT2D eigenvalue weighted by molar-refractivity contribution is 6.39. The van der Waals surface area contributed by atoms with E-state index in [2.05, 4.69) is 58.3 Å². The number of anilines is 3. The van der Waals surface area contributed by atoms with Crippen LogP contribution < -0.4 is 16.0 Å². The quantitative estimate of drug-likeness (QED) is 0.564. The normalized spacial score (nSPS) is 23.6. The summed E-state index contributed by atoms with van der Waals surface area (Å²) in [6.45, 7) is 9.34. The number of carbonyl (C=O) groups is 2. The standard InChI is InChI=1S/C31H44N6O2/c1-4-23-18-25(19-33-28(23)32)34-29(38)30(39)37-20-22(2)6-11-27(37)24-7-9-26(10-8-24)36-16-13-31(14-17-36)12-5-15-35(3)21-31/h7-10,18-19,22,27H,4-6,11-17,20-21H2,1-3H3,(H2,32,33)(H,34,38)/t22-,27+/m0/s1. The van der Waals surface area contributed by atoms with Crippen molar-refractivity contribution in [2.45, 2.75) is 64.8 Å². The second-order valence-electron chi connectivity index (χ2n) is 12.2. The molecule has 4 heterocycles. The third kappa shape index (κ3) is 6.06. The molecule has 8 heteroatoms. The van der Waals surface area contributed by atoms with Crippen LogP contribution in [-0.2, 0) is 16.0 Å². The van der Waals surface area contributed by atoms with Gasteiger partial charge in [0.1, 0.15) is 5.82 Å². The number of benzene rings is 1. The molecule has 8 nitrogen and oxygen atoms in total. The molecule has 3 aliphatic heterocycles. The summed E-state index contributed by atoms with van der Waals surface area (Å²) in [7, 11) is 2.26. The van der Waals surface area contributed by atoms with E-state index in [4.69, 9.17) is 5.73 Å². The maximum atomic E-state index is 13.4. The number of amides is 2. The summed E-state index contributed by atoms with van der Waals surface area (Å²) in [5, 5.41) is 2.75. The highest BCUT2D eigenvalue weighted by Crippen LogP contribution is 2.41. The molecule has 3 saturated heterocycles. The van der Waals surface area contributed by atoms with Gasteiger partial charge in [0.15, 0.2) is 0 Å². The van der Waals surface area contributed by atoms with Crippen molar-refractivity contribution < 1.29 is 9.59 Å². The number of hydrogen-bond acceptors (Lipinski definition) is 6. The number of piperidine rings is 3. The Labute approximate surface area is 232 Å². The van der Waals surface area contributed by atoms with Crippen molar-refractivity contribution in [3.05, 3.63) is 47.7 Å². The summed E-state index contributed by atoms with van der Waals surface area (Å²) >= 11 is 0. The van der Waals surface area contributed by atoms with Crippen molar-refractivity contribution in [1.82, 2.24) is 14.8 Å². The molecule has 1 aromatic heterocycles. The predicted octanol–water partition coefficient (Wildman–Crippen LogP) is 4.48. The molecule has 39 heavy (non-hydrogen) atoms. The zero-order chi connectivity index (χ0) is 27.6. The zero-order valence-electron chi connectivity index (χ0n) is 23.8. The minimum Gasteiger partial charge on any atom is -0.383 e. The number of aryl methyl sites for hydroxylation is 1. The van der Waals surface area contributed by atoms with E-state index in [0.717, 1.165) is 37.1 Å². The van der Waals surface area contributed by atoms with Gasteiger partial charge in [-0.15, -0.1) is 0 Å². The van der Waals surface area contributed by atoms with Crippen LogP contribution in [0.25, 0.3) is 0 Å². The lowest BCUT2D eigenvalue weighted by Gasteiger charge is -2.47. The minimum absolute atomic E-state index is 0.105. The van der Waals surface area contributed by atoms with E-state index in [-0.39, 0.29) is 6.04 Å². The Balaban J connectivity index is 1.25. The van der Waals surface area contributed by atoms with Crippen LogP contribution >= 0.6 is 0 Å². The van der Waals surface area contributed by atoms with Gasteiger partial charge in [0.2, 0.25) is 0 Å². The summed E-state index contributed by atoms with van der Waals surface area (Å²) in [4.78, 5) is 37.3. The van der Waals surface area contributed by atoms with Gasteiger partial charge in [-0.2, -0.15) is 0 Å². The number of aromatic nitrogens is 1. The van der Waals surface area contributed by atoms with Crippen molar-refractivity contribution >= 4 is 29.0 Å². The summed E-state index contributed by atoms with van der Waals surface area (Å²) in [5.41, 5.74) is 10.1. The van der Waals surface area contributed by atoms with Gasteiger partial charge < -0.3 is 25.8 Å². The molecule has 0 bridgehead atoms. The van der Waals surface area contributed by atoms with Crippen LogP contribution in [0.5, 0.6) is 0 Å². The molecule has 2 aromatic rings. The molecule has 0 unspecified atom stereocenters. The topological polar surface area (TPSA) is 94.8 Å². The first-order chi connectivity index (χ1) is 18.8. The number of hydrogen-bond donors (Lipinski definition) is 2. The molecule has 210 valence electrons. The number of rotatable bonds is 4. The summed E-state index contributed by atoms with van der Waals surface area (Å²) in [6.07, 6.45) is 9.26. The van der Waals surface area contributed by atoms with Crippen molar-refractivity contribution in [2.75, 3.05) is 55.7 Å². The van der Waals surface area contributed by atoms with Crippen molar-refractivity contribution in [2.24, 2.45) is 11.3 Å². The number of pyridine rings is 1. The lowest BCUT2D eigenvalue weighted by atomic mass is 9.72. The average molecular weight is 533 g/mol. The summed E-state index contributed by atoms with van der Waals surface area (Å²) in [5.74, 6) is -0.332. The Bertz CT molecular complexity index is 1170. The van der Waals surface area contributed by atoms with E-state index < -0.39 is 11.8 Å². The minimum atomic E-state index is -0.630. The second-order valence-corrected chi connectivity index (χ2v) is 12.2. The molecule has 3 fully saturated rings. The first kappa shape index (κ1) is 27.4. The third-order valence-electron chi connectivity index (χ3n) is 9.23. The highest BCUT2D eigenvalue weighted by Gasteiger charge is 2.38. The number of likely N-dealkylation sites (tertiary alicyclic amines) is 2. The van der Waals surface area contributed by atoms with Gasteiger partial charge in [0.05, 0.1) is 17.9 Å². The molecule has 0 saturated carbocycles. The lowest BCUT2D eigenvalue weighted by molar-refractivity contribution is -0.146. The number of carbonyl (C=O) groups excluding carboxylic acids is 2. The Morgan fingerprint density at radius 1 is 1.10 bits per heavy atom. The third-order valence-corrected chi connectivity index (χ3v) is 9.23. The van der Waals surface area contributed by atoms with Gasteiger partial charge in [-0.3, -0.25) is 9.59 Å². The van der Waals surface area contributed by atoms with Crippen LogP contribution in [0.4, 0.5) is 17.2 Å². The molecular formula is C31H44N6O2. The predicted molar refractivity (Wildman–Crippen MR) is 157 cm³/mol. The summed E-state index contributed by atoms with van der Waals surface area (Å²) in [6, 6.07) is 10.4. The number of nitrogens with zero attached hydrogens (tertiary/aromatic N) is 4. The lowest BCUT2D eigenvalue weighted by Crippen LogP contribution is -2.48. The number of nitrogen functional groups attached to an aromatic ring is 1. The summed E-state index contributed by atoms with van der Waals surface area (Å²) < 4.78 is 0. The SMILES string of the molecule is CCc1cc(NC(=O)C(=O)N2C[C@@H](C)CC[C@@H]2c2ccc(N3CCC4(CCCN(C)C4)CC3)cc2)cnc1N. The zero-order valence-corrected chi connectivity index (χ0v) is 23.8. The largest absolute Gasteiger partial charge is 0.383 e. The monoisotopic (exact) mass is 532 g/mol. The Morgan fingerprint density at radius 3 is 2.54 bits per heavy atom. The molecule has 0 radical (unpaired) electrons. The van der Waals surface area contributed by atoms with Gasteiger partial charge >= 0.3 is 11.8 Å².